The number of aromatic nitrogens is 1. The number of morpholine rings is 1. The number of guanidine groups is 1. The average molecular weight is 502 g/mol. The zero-order chi connectivity index (χ0) is 25.8. The molecule has 0 atom stereocenters. The first-order valence-corrected chi connectivity index (χ1v) is 12.9. The van der Waals surface area contributed by atoms with Crippen molar-refractivity contribution >= 4 is 23.1 Å². The van der Waals surface area contributed by atoms with Crippen LogP contribution in [0.3, 0.4) is 0 Å². The van der Waals surface area contributed by atoms with E-state index >= 15 is 0 Å². The van der Waals surface area contributed by atoms with Crippen LogP contribution in [0.1, 0.15) is 22.3 Å². The molecule has 0 unspecified atom stereocenters. The lowest BCUT2D eigenvalue weighted by Crippen LogP contribution is -2.47. The summed E-state index contributed by atoms with van der Waals surface area (Å²) in [5.41, 5.74) is 11.0. The molecule has 9 nitrogen and oxygen atoms in total. The number of aliphatic imine (C=N–C) groups is 1. The Labute approximate surface area is 218 Å². The average Bonchev–Trinajstić information content (AvgIpc) is 3.37. The van der Waals surface area contributed by atoms with Crippen LogP contribution in [0.2, 0.25) is 0 Å². The normalized spacial score (nSPS) is 19.5. The number of carbonyl (C=O) groups excluding carboxylic acids is 1. The van der Waals surface area contributed by atoms with Gasteiger partial charge in [-0.05, 0) is 48.9 Å². The summed E-state index contributed by atoms with van der Waals surface area (Å²) in [5, 5.41) is 0. The van der Waals surface area contributed by atoms with Crippen LogP contribution in [-0.4, -0.2) is 97.6 Å². The Balaban J connectivity index is 1.46. The van der Waals surface area contributed by atoms with Gasteiger partial charge in [0.25, 0.3) is 5.91 Å². The number of carbonyl (C=O) groups is 1. The first-order valence-electron chi connectivity index (χ1n) is 12.9. The molecule has 0 spiro atoms. The van der Waals surface area contributed by atoms with Gasteiger partial charge in [-0.25, -0.2) is 0 Å². The van der Waals surface area contributed by atoms with Crippen LogP contribution in [0.4, 0.5) is 5.69 Å². The van der Waals surface area contributed by atoms with Gasteiger partial charge in [0.1, 0.15) is 5.82 Å². The van der Waals surface area contributed by atoms with E-state index in [0.717, 1.165) is 67.4 Å². The fourth-order valence-electron chi connectivity index (χ4n) is 4.97. The topological polar surface area (TPSA) is 90.5 Å². The van der Waals surface area contributed by atoms with Gasteiger partial charge in [-0.1, -0.05) is 18.7 Å². The standard InChI is InChI=1S/C28H35N7O2/c1-21(22-4-3-5-23(20-22)27(36)33-14-12-32(2)13-15-33)25-8-11-35(24-6-9-30-10-7-24)26(25)31-28(29)34-16-18-37-19-17-34/h3-7,9-10,20H,1,8,11-19H2,2H3,(H2,29,31). The Kier molecular flexibility index (Phi) is 7.52. The Morgan fingerprint density at radius 3 is 2.41 bits per heavy atom. The highest BCUT2D eigenvalue weighted by molar-refractivity contribution is 5.96. The lowest BCUT2D eigenvalue weighted by molar-refractivity contribution is 0.0664. The summed E-state index contributed by atoms with van der Waals surface area (Å²) < 4.78 is 5.48. The highest BCUT2D eigenvalue weighted by Gasteiger charge is 2.28. The molecule has 2 aromatic rings. The van der Waals surface area contributed by atoms with Crippen molar-refractivity contribution in [2.24, 2.45) is 10.7 Å². The number of pyridine rings is 1. The van der Waals surface area contributed by atoms with Crippen molar-refractivity contribution in [1.29, 1.82) is 0 Å². The van der Waals surface area contributed by atoms with Crippen LogP contribution in [0.5, 0.6) is 0 Å². The lowest BCUT2D eigenvalue weighted by atomic mass is 9.96. The van der Waals surface area contributed by atoms with E-state index in [4.69, 9.17) is 15.5 Å². The number of benzene rings is 1. The molecule has 3 aliphatic heterocycles. The summed E-state index contributed by atoms with van der Waals surface area (Å²) in [6.07, 6.45) is 4.33. The molecule has 2 N–H and O–H groups in total. The van der Waals surface area contributed by atoms with Crippen molar-refractivity contribution in [3.63, 3.8) is 0 Å². The Morgan fingerprint density at radius 1 is 0.973 bits per heavy atom. The van der Waals surface area contributed by atoms with E-state index in [1.54, 1.807) is 12.4 Å². The molecular weight excluding hydrogens is 466 g/mol. The van der Waals surface area contributed by atoms with Gasteiger partial charge in [-0.15, -0.1) is 0 Å². The van der Waals surface area contributed by atoms with E-state index in [1.807, 2.05) is 41.3 Å². The largest absolute Gasteiger partial charge is 0.378 e. The van der Waals surface area contributed by atoms with Gasteiger partial charge in [0.2, 0.25) is 0 Å². The van der Waals surface area contributed by atoms with E-state index in [2.05, 4.69) is 33.3 Å². The van der Waals surface area contributed by atoms with Crippen molar-refractivity contribution in [1.82, 2.24) is 19.7 Å². The predicted octanol–water partition coefficient (Wildman–Crippen LogP) is 2.25. The van der Waals surface area contributed by atoms with Gasteiger partial charge in [0.15, 0.2) is 5.96 Å². The minimum absolute atomic E-state index is 0.0661. The Bertz CT molecular complexity index is 1200. The minimum atomic E-state index is 0.0661. The van der Waals surface area contributed by atoms with Gasteiger partial charge in [0, 0.05) is 75.0 Å². The van der Waals surface area contributed by atoms with Crippen molar-refractivity contribution in [2.45, 2.75) is 6.42 Å². The number of likely N-dealkylation sites (N-methyl/N-ethyl adjacent to an activating group) is 1. The molecule has 4 heterocycles. The molecule has 0 radical (unpaired) electrons. The van der Waals surface area contributed by atoms with E-state index in [1.165, 1.54) is 0 Å². The molecule has 0 aliphatic carbocycles. The van der Waals surface area contributed by atoms with Crippen molar-refractivity contribution in [3.8, 4) is 0 Å². The molecular formula is C28H35N7O2. The molecule has 37 heavy (non-hydrogen) atoms. The third-order valence-electron chi connectivity index (χ3n) is 7.25. The number of rotatable bonds is 5. The minimum Gasteiger partial charge on any atom is -0.378 e. The van der Waals surface area contributed by atoms with Crippen LogP contribution in [0.25, 0.3) is 5.57 Å². The first kappa shape index (κ1) is 25.0. The quantitative estimate of drug-likeness (QED) is 0.496. The molecule has 1 aromatic heterocycles. The van der Waals surface area contributed by atoms with Crippen LogP contribution < -0.4 is 10.6 Å². The molecule has 3 aliphatic rings. The fourth-order valence-corrected chi connectivity index (χ4v) is 4.97. The summed E-state index contributed by atoms with van der Waals surface area (Å²) in [6.45, 7) is 11.2. The number of anilines is 1. The number of amides is 1. The fraction of sp³-hybridized carbons (Fsp3) is 0.393. The second kappa shape index (κ2) is 11.1. The van der Waals surface area contributed by atoms with Crippen LogP contribution in [-0.2, 0) is 4.74 Å². The van der Waals surface area contributed by atoms with E-state index in [9.17, 15) is 4.79 Å². The highest BCUT2D eigenvalue weighted by Crippen LogP contribution is 2.37. The van der Waals surface area contributed by atoms with Crippen LogP contribution >= 0.6 is 0 Å². The lowest BCUT2D eigenvalue weighted by Gasteiger charge is -2.32. The molecule has 5 rings (SSSR count). The third-order valence-corrected chi connectivity index (χ3v) is 7.25. The molecule has 194 valence electrons. The number of hydrogen-bond acceptors (Lipinski definition) is 6. The SMILES string of the molecule is C=C(C1=C(N=C(N)N2CCOCC2)N(c2ccncc2)CC1)c1cccc(C(=O)N2CCN(C)CC2)c1. The second-order valence-corrected chi connectivity index (χ2v) is 9.63. The zero-order valence-electron chi connectivity index (χ0n) is 21.5. The maximum atomic E-state index is 13.2. The summed E-state index contributed by atoms with van der Waals surface area (Å²) >= 11 is 0. The van der Waals surface area contributed by atoms with Gasteiger partial charge < -0.3 is 30.1 Å². The van der Waals surface area contributed by atoms with E-state index in [-0.39, 0.29) is 5.91 Å². The van der Waals surface area contributed by atoms with E-state index in [0.29, 0.717) is 37.8 Å². The molecule has 0 bridgehead atoms. The summed E-state index contributed by atoms with van der Waals surface area (Å²) in [6, 6.07) is 11.7. The smallest absolute Gasteiger partial charge is 0.253 e. The molecule has 1 aromatic carbocycles. The summed E-state index contributed by atoms with van der Waals surface area (Å²) in [7, 11) is 2.09. The third kappa shape index (κ3) is 5.52. The van der Waals surface area contributed by atoms with Crippen molar-refractivity contribution in [2.75, 3.05) is 71.0 Å². The molecule has 0 saturated carbocycles. The molecule has 1 amide bonds. The monoisotopic (exact) mass is 501 g/mol. The predicted molar refractivity (Wildman–Crippen MR) is 146 cm³/mol. The molecule has 2 saturated heterocycles. The summed E-state index contributed by atoms with van der Waals surface area (Å²) in [5.74, 6) is 1.33. The Morgan fingerprint density at radius 2 is 1.68 bits per heavy atom. The van der Waals surface area contributed by atoms with Gasteiger partial charge in [-0.3, -0.25) is 9.78 Å². The number of nitrogens with two attached hydrogens (primary N) is 1. The van der Waals surface area contributed by atoms with Crippen LogP contribution in [0, 0.1) is 0 Å². The Hall–Kier alpha value is -3.69. The van der Waals surface area contributed by atoms with Gasteiger partial charge in [-0.2, -0.15) is 4.99 Å². The number of allylic oxidation sites excluding steroid dienone is 1. The maximum absolute atomic E-state index is 13.2. The molecule has 9 heteroatoms. The highest BCUT2D eigenvalue weighted by atomic mass is 16.5. The number of hydrogen-bond donors (Lipinski definition) is 1. The summed E-state index contributed by atoms with van der Waals surface area (Å²) in [4.78, 5) is 30.7. The number of nitrogens with zero attached hydrogens (tertiary/aromatic N) is 6. The maximum Gasteiger partial charge on any atom is 0.253 e. The van der Waals surface area contributed by atoms with E-state index < -0.39 is 0 Å². The van der Waals surface area contributed by atoms with Crippen LogP contribution in [0.15, 0.2) is 71.8 Å². The number of ether oxygens (including phenoxy) is 1. The number of piperazine rings is 1. The van der Waals surface area contributed by atoms with Gasteiger partial charge in [0.05, 0.1) is 13.2 Å². The molecule has 2 fully saturated rings. The second-order valence-electron chi connectivity index (χ2n) is 9.63. The van der Waals surface area contributed by atoms with Gasteiger partial charge >= 0.3 is 0 Å². The van der Waals surface area contributed by atoms with Crippen molar-refractivity contribution < 1.29 is 9.53 Å². The van der Waals surface area contributed by atoms with Crippen molar-refractivity contribution in [3.05, 3.63) is 77.9 Å². The first-order chi connectivity index (χ1) is 18.0. The zero-order valence-corrected chi connectivity index (χ0v) is 21.5.